The summed E-state index contributed by atoms with van der Waals surface area (Å²) in [6.07, 6.45) is 4.21. The summed E-state index contributed by atoms with van der Waals surface area (Å²) >= 11 is 6.25. The monoisotopic (exact) mass is 264 g/mol. The van der Waals surface area contributed by atoms with E-state index in [-0.39, 0.29) is 5.41 Å². The van der Waals surface area contributed by atoms with E-state index >= 15 is 0 Å². The summed E-state index contributed by atoms with van der Waals surface area (Å²) in [5.74, 6) is 1.56. The van der Waals surface area contributed by atoms with Crippen molar-refractivity contribution >= 4 is 17.4 Å². The van der Waals surface area contributed by atoms with Crippen molar-refractivity contribution < 1.29 is 4.79 Å². The molecule has 96 valence electrons. The van der Waals surface area contributed by atoms with Crippen LogP contribution in [0, 0.1) is 12.8 Å². The lowest BCUT2D eigenvalue weighted by atomic mass is 9.60. The van der Waals surface area contributed by atoms with Gasteiger partial charge in [0.05, 0.1) is 5.69 Å². The van der Waals surface area contributed by atoms with E-state index in [2.05, 4.69) is 16.9 Å². The van der Waals surface area contributed by atoms with Crippen LogP contribution in [-0.4, -0.2) is 15.8 Å². The number of nitrogens with zero attached hydrogens (tertiary/aromatic N) is 2. The van der Waals surface area contributed by atoms with Gasteiger partial charge in [-0.25, -0.2) is 9.97 Å². The van der Waals surface area contributed by atoms with Crippen LogP contribution in [0.5, 0.6) is 0 Å². The summed E-state index contributed by atoms with van der Waals surface area (Å²) in [6.45, 7) is 4.12. The average molecular weight is 265 g/mol. The van der Waals surface area contributed by atoms with E-state index in [0.717, 1.165) is 36.3 Å². The van der Waals surface area contributed by atoms with E-state index in [4.69, 9.17) is 11.6 Å². The van der Waals surface area contributed by atoms with Gasteiger partial charge in [0.15, 0.2) is 0 Å². The molecule has 2 unspecified atom stereocenters. The van der Waals surface area contributed by atoms with Crippen LogP contribution in [-0.2, 0) is 16.6 Å². The first-order valence-corrected chi connectivity index (χ1v) is 6.93. The van der Waals surface area contributed by atoms with Crippen molar-refractivity contribution in [3.63, 3.8) is 0 Å². The summed E-state index contributed by atoms with van der Waals surface area (Å²) < 4.78 is 0. The van der Waals surface area contributed by atoms with Gasteiger partial charge in [0.2, 0.25) is 0 Å². The number of aryl methyl sites for hydroxylation is 1. The minimum atomic E-state index is 0.0127. The number of Topliss-reactive ketones (excluding diaryl/α,β-unsaturated/α-hetero) is 1. The van der Waals surface area contributed by atoms with Crippen LogP contribution in [0.1, 0.15) is 49.7 Å². The van der Waals surface area contributed by atoms with Crippen molar-refractivity contribution in [3.8, 4) is 0 Å². The maximum absolute atomic E-state index is 11.6. The Balaban J connectivity index is 2.13. The SMILES string of the molecule is Cc1nc(Cl)c2c(n1)C1(C)CCC(=O)CC1CC2. The van der Waals surface area contributed by atoms with Gasteiger partial charge >= 0.3 is 0 Å². The Morgan fingerprint density at radius 2 is 2.11 bits per heavy atom. The van der Waals surface area contributed by atoms with Gasteiger partial charge in [0.25, 0.3) is 0 Å². The molecule has 18 heavy (non-hydrogen) atoms. The number of aromatic nitrogens is 2. The van der Waals surface area contributed by atoms with Crippen molar-refractivity contribution in [3.05, 3.63) is 22.2 Å². The maximum atomic E-state index is 11.6. The van der Waals surface area contributed by atoms with Crippen LogP contribution in [0.3, 0.4) is 0 Å². The molecule has 0 spiro atoms. The van der Waals surface area contributed by atoms with Crippen molar-refractivity contribution in [2.45, 2.75) is 51.4 Å². The molecule has 3 nitrogen and oxygen atoms in total. The largest absolute Gasteiger partial charge is 0.300 e. The summed E-state index contributed by atoms with van der Waals surface area (Å²) in [5.41, 5.74) is 2.22. The van der Waals surface area contributed by atoms with E-state index in [9.17, 15) is 4.79 Å². The molecule has 1 aromatic rings. The summed E-state index contributed by atoms with van der Waals surface area (Å²) in [5, 5.41) is 0.606. The van der Waals surface area contributed by atoms with E-state index in [1.165, 1.54) is 0 Å². The molecule has 1 aromatic heterocycles. The fourth-order valence-corrected chi connectivity index (χ4v) is 3.82. The van der Waals surface area contributed by atoms with Crippen LogP contribution in [0.2, 0.25) is 5.15 Å². The fourth-order valence-electron chi connectivity index (χ4n) is 3.51. The van der Waals surface area contributed by atoms with Gasteiger partial charge in [-0.15, -0.1) is 0 Å². The van der Waals surface area contributed by atoms with E-state index in [0.29, 0.717) is 29.7 Å². The number of carbonyl (C=O) groups is 1. The zero-order valence-electron chi connectivity index (χ0n) is 10.8. The molecule has 0 saturated heterocycles. The molecule has 1 saturated carbocycles. The predicted molar refractivity (Wildman–Crippen MR) is 69.8 cm³/mol. The zero-order chi connectivity index (χ0) is 12.9. The molecule has 1 heterocycles. The van der Waals surface area contributed by atoms with Gasteiger partial charge in [0.1, 0.15) is 16.8 Å². The number of hydrogen-bond acceptors (Lipinski definition) is 3. The number of halogens is 1. The molecule has 0 aliphatic heterocycles. The molecule has 3 rings (SSSR count). The molecule has 2 atom stereocenters. The Kier molecular flexibility index (Phi) is 2.70. The number of ketones is 1. The van der Waals surface area contributed by atoms with Crippen LogP contribution < -0.4 is 0 Å². The van der Waals surface area contributed by atoms with E-state index in [1.54, 1.807) is 0 Å². The second-order valence-corrected chi connectivity index (χ2v) is 6.14. The minimum Gasteiger partial charge on any atom is -0.300 e. The first kappa shape index (κ1) is 12.1. The first-order chi connectivity index (χ1) is 8.50. The Labute approximate surface area is 112 Å². The summed E-state index contributed by atoms with van der Waals surface area (Å²) in [7, 11) is 0. The number of carbonyl (C=O) groups excluding carboxylic acids is 1. The van der Waals surface area contributed by atoms with Gasteiger partial charge in [-0.2, -0.15) is 0 Å². The molecule has 0 radical (unpaired) electrons. The molecular formula is C14H17ClN2O. The van der Waals surface area contributed by atoms with Crippen molar-refractivity contribution in [1.29, 1.82) is 0 Å². The fraction of sp³-hybridized carbons (Fsp3) is 0.643. The Morgan fingerprint density at radius 3 is 2.89 bits per heavy atom. The lowest BCUT2D eigenvalue weighted by Gasteiger charge is -2.44. The van der Waals surface area contributed by atoms with Crippen LogP contribution >= 0.6 is 11.6 Å². The van der Waals surface area contributed by atoms with Crippen molar-refractivity contribution in [1.82, 2.24) is 9.97 Å². The quantitative estimate of drug-likeness (QED) is 0.677. The van der Waals surface area contributed by atoms with E-state index < -0.39 is 0 Å². The Bertz CT molecular complexity index is 529. The smallest absolute Gasteiger partial charge is 0.136 e. The molecule has 0 amide bonds. The molecule has 4 heteroatoms. The summed E-state index contributed by atoms with van der Waals surface area (Å²) in [4.78, 5) is 20.6. The highest BCUT2D eigenvalue weighted by Crippen LogP contribution is 2.49. The highest BCUT2D eigenvalue weighted by atomic mass is 35.5. The first-order valence-electron chi connectivity index (χ1n) is 6.56. The van der Waals surface area contributed by atoms with Crippen molar-refractivity contribution in [2.24, 2.45) is 5.92 Å². The second kappa shape index (κ2) is 4.02. The van der Waals surface area contributed by atoms with Gasteiger partial charge < -0.3 is 0 Å². The van der Waals surface area contributed by atoms with Crippen LogP contribution in [0.4, 0.5) is 0 Å². The zero-order valence-corrected chi connectivity index (χ0v) is 11.5. The summed E-state index contributed by atoms with van der Waals surface area (Å²) in [6, 6.07) is 0. The second-order valence-electron chi connectivity index (χ2n) is 5.78. The molecular weight excluding hydrogens is 248 g/mol. The molecule has 2 aliphatic carbocycles. The van der Waals surface area contributed by atoms with Gasteiger partial charge in [0, 0.05) is 23.8 Å². The third-order valence-corrected chi connectivity index (χ3v) is 4.96. The number of hydrogen-bond donors (Lipinski definition) is 0. The lowest BCUT2D eigenvalue weighted by Crippen LogP contribution is -2.43. The van der Waals surface area contributed by atoms with Crippen LogP contribution in [0.25, 0.3) is 0 Å². The molecule has 1 fully saturated rings. The van der Waals surface area contributed by atoms with Gasteiger partial charge in [-0.1, -0.05) is 18.5 Å². The highest BCUT2D eigenvalue weighted by molar-refractivity contribution is 6.30. The van der Waals surface area contributed by atoms with E-state index in [1.807, 2.05) is 6.92 Å². The normalized spacial score (nSPS) is 30.8. The maximum Gasteiger partial charge on any atom is 0.136 e. The van der Waals surface area contributed by atoms with Crippen LogP contribution in [0.15, 0.2) is 0 Å². The van der Waals surface area contributed by atoms with Crippen molar-refractivity contribution in [2.75, 3.05) is 0 Å². The third kappa shape index (κ3) is 1.68. The predicted octanol–water partition coefficient (Wildman–Crippen LogP) is 3.01. The molecule has 2 aliphatic rings. The number of rotatable bonds is 0. The standard InChI is InChI=1S/C14H17ClN2O/c1-8-16-12-11(13(15)17-8)4-3-9-7-10(18)5-6-14(9,12)2/h9H,3-7H2,1-2H3. The topological polar surface area (TPSA) is 42.9 Å². The third-order valence-electron chi connectivity index (χ3n) is 4.65. The lowest BCUT2D eigenvalue weighted by molar-refractivity contribution is -0.123. The molecule has 0 N–H and O–H groups in total. The molecule has 0 aromatic carbocycles. The molecule has 0 bridgehead atoms. The Hall–Kier alpha value is -0.960. The Morgan fingerprint density at radius 1 is 1.33 bits per heavy atom. The van der Waals surface area contributed by atoms with Gasteiger partial charge in [-0.3, -0.25) is 4.79 Å². The average Bonchev–Trinajstić information content (AvgIpc) is 2.31. The number of fused-ring (bicyclic) bond motifs is 3. The highest BCUT2D eigenvalue weighted by Gasteiger charge is 2.46. The van der Waals surface area contributed by atoms with Gasteiger partial charge in [-0.05, 0) is 32.1 Å². The minimum absolute atomic E-state index is 0.0127.